The van der Waals surface area contributed by atoms with Crippen LogP contribution < -0.4 is 10.2 Å². The van der Waals surface area contributed by atoms with Crippen LogP contribution in [0.1, 0.15) is 32.9 Å². The molecule has 5 heterocycles. The zero-order valence-corrected chi connectivity index (χ0v) is 18.5. The summed E-state index contributed by atoms with van der Waals surface area (Å²) in [5.74, 6) is 0.373. The number of ether oxygens (including phenoxy) is 2. The molecule has 1 amide bonds. The molecule has 3 aromatic heterocycles. The molecule has 162 valence electrons. The lowest BCUT2D eigenvalue weighted by Gasteiger charge is -2.49. The molecule has 8 heteroatoms. The molecule has 1 unspecified atom stereocenters. The van der Waals surface area contributed by atoms with Crippen molar-refractivity contribution in [2.24, 2.45) is 7.05 Å². The summed E-state index contributed by atoms with van der Waals surface area (Å²) in [5.41, 5.74) is 3.78. The fraction of sp³-hybridized carbons (Fsp3) is 0.435. The number of carbonyl (C=O) groups excluding carboxylic acids is 1. The number of anilines is 2. The van der Waals surface area contributed by atoms with Gasteiger partial charge in [0.25, 0.3) is 0 Å². The van der Waals surface area contributed by atoms with E-state index in [2.05, 4.69) is 35.1 Å². The summed E-state index contributed by atoms with van der Waals surface area (Å²) in [5, 5.41) is 3.75. The first-order valence-corrected chi connectivity index (χ1v) is 10.5. The first-order valence-electron chi connectivity index (χ1n) is 10.5. The van der Waals surface area contributed by atoms with Crippen LogP contribution in [0, 0.1) is 0 Å². The molecule has 0 bridgehead atoms. The third-order valence-corrected chi connectivity index (χ3v) is 6.36. The van der Waals surface area contributed by atoms with Gasteiger partial charge in [0.1, 0.15) is 17.1 Å². The van der Waals surface area contributed by atoms with Gasteiger partial charge in [-0.25, -0.2) is 9.97 Å². The third-order valence-electron chi connectivity index (χ3n) is 6.36. The van der Waals surface area contributed by atoms with Crippen LogP contribution in [0.5, 0.6) is 0 Å². The van der Waals surface area contributed by atoms with Gasteiger partial charge in [0.2, 0.25) is 5.91 Å². The van der Waals surface area contributed by atoms with Crippen LogP contribution in [0.3, 0.4) is 0 Å². The van der Waals surface area contributed by atoms with E-state index in [-0.39, 0.29) is 5.91 Å². The smallest absolute Gasteiger partial charge is 0.222 e. The lowest BCUT2D eigenvalue weighted by Crippen LogP contribution is -2.55. The van der Waals surface area contributed by atoms with Crippen LogP contribution in [0.2, 0.25) is 0 Å². The standard InChI is InChI=1S/C23H27N5O3/c1-14(29)25-20-10-15-16(12-27(4)19(15)11-24-20)17-6-7-18-21(26-17)23(8-9-30-13-23)31-22(2,3)28(18)5/h6-7,10-12H,8-9,13H2,1-5H3,(H,24,25,29). The maximum Gasteiger partial charge on any atom is 0.222 e. The van der Waals surface area contributed by atoms with E-state index in [1.807, 2.05) is 37.0 Å². The van der Waals surface area contributed by atoms with Gasteiger partial charge in [-0.2, -0.15) is 0 Å². The molecule has 1 fully saturated rings. The van der Waals surface area contributed by atoms with E-state index in [0.29, 0.717) is 19.0 Å². The molecule has 3 aromatic rings. The van der Waals surface area contributed by atoms with Gasteiger partial charge in [-0.1, -0.05) is 0 Å². The summed E-state index contributed by atoms with van der Waals surface area (Å²) in [6.07, 6.45) is 4.60. The molecule has 2 aliphatic rings. The third kappa shape index (κ3) is 3.09. The van der Waals surface area contributed by atoms with Gasteiger partial charge in [-0.3, -0.25) is 4.79 Å². The molecule has 0 saturated carbocycles. The average molecular weight is 422 g/mol. The predicted octanol–water partition coefficient (Wildman–Crippen LogP) is 3.41. The fourth-order valence-electron chi connectivity index (χ4n) is 4.64. The number of rotatable bonds is 2. The summed E-state index contributed by atoms with van der Waals surface area (Å²) in [6, 6.07) is 6.07. The summed E-state index contributed by atoms with van der Waals surface area (Å²) >= 11 is 0. The molecule has 0 aliphatic carbocycles. The highest BCUT2D eigenvalue weighted by atomic mass is 16.6. The highest BCUT2D eigenvalue weighted by Gasteiger charge is 2.50. The van der Waals surface area contributed by atoms with E-state index in [0.717, 1.165) is 40.0 Å². The maximum absolute atomic E-state index is 11.5. The Kier molecular flexibility index (Phi) is 4.36. The van der Waals surface area contributed by atoms with E-state index in [1.54, 1.807) is 6.20 Å². The molecular weight excluding hydrogens is 394 g/mol. The fourth-order valence-corrected chi connectivity index (χ4v) is 4.64. The minimum atomic E-state index is -0.547. The molecular formula is C23H27N5O3. The lowest BCUT2D eigenvalue weighted by molar-refractivity contribution is -0.156. The van der Waals surface area contributed by atoms with Crippen LogP contribution in [0.15, 0.2) is 30.6 Å². The molecule has 0 radical (unpaired) electrons. The number of hydrogen-bond donors (Lipinski definition) is 1. The Morgan fingerprint density at radius 2 is 2.06 bits per heavy atom. The van der Waals surface area contributed by atoms with Crippen LogP contribution in [-0.2, 0) is 26.9 Å². The van der Waals surface area contributed by atoms with Crippen LogP contribution in [-0.4, -0.2) is 46.4 Å². The second-order valence-electron chi connectivity index (χ2n) is 8.89. The Labute approximate surface area is 181 Å². The van der Waals surface area contributed by atoms with Crippen LogP contribution in [0.4, 0.5) is 11.5 Å². The van der Waals surface area contributed by atoms with E-state index in [1.165, 1.54) is 6.92 Å². The molecule has 1 saturated heterocycles. The van der Waals surface area contributed by atoms with Gasteiger partial charge in [0.05, 0.1) is 35.4 Å². The molecule has 1 N–H and O–H groups in total. The van der Waals surface area contributed by atoms with Crippen molar-refractivity contribution < 1.29 is 14.3 Å². The minimum Gasteiger partial charge on any atom is -0.378 e. The van der Waals surface area contributed by atoms with E-state index in [4.69, 9.17) is 14.5 Å². The number of nitrogens with zero attached hydrogens (tertiary/aromatic N) is 4. The number of aryl methyl sites for hydroxylation is 1. The summed E-state index contributed by atoms with van der Waals surface area (Å²) in [7, 11) is 4.02. The molecule has 2 aliphatic heterocycles. The number of carbonyl (C=O) groups is 1. The van der Waals surface area contributed by atoms with Crippen molar-refractivity contribution in [3.05, 3.63) is 36.3 Å². The second kappa shape index (κ2) is 6.77. The Hall–Kier alpha value is -2.97. The normalized spacial score (nSPS) is 22.2. The van der Waals surface area contributed by atoms with Crippen molar-refractivity contribution in [1.29, 1.82) is 0 Å². The number of aromatic nitrogens is 3. The van der Waals surface area contributed by atoms with E-state index < -0.39 is 11.3 Å². The number of nitrogens with one attached hydrogen (secondary N) is 1. The van der Waals surface area contributed by atoms with Gasteiger partial charge in [-0.15, -0.1) is 0 Å². The molecule has 0 aromatic carbocycles. The van der Waals surface area contributed by atoms with Gasteiger partial charge in [-0.05, 0) is 32.0 Å². The molecule has 5 rings (SSSR count). The van der Waals surface area contributed by atoms with Crippen molar-refractivity contribution in [1.82, 2.24) is 14.5 Å². The Bertz CT molecular complexity index is 1190. The van der Waals surface area contributed by atoms with Crippen molar-refractivity contribution in [3.8, 4) is 11.3 Å². The summed E-state index contributed by atoms with van der Waals surface area (Å²) < 4.78 is 14.4. The SMILES string of the molecule is CC(=O)Nc1cc2c(-c3ccc4c(n3)C3(CCOC3)OC(C)(C)N4C)cn(C)c2cn1. The predicted molar refractivity (Wildman–Crippen MR) is 119 cm³/mol. The molecule has 31 heavy (non-hydrogen) atoms. The van der Waals surface area contributed by atoms with Crippen LogP contribution >= 0.6 is 0 Å². The van der Waals surface area contributed by atoms with Crippen molar-refractivity contribution in [3.63, 3.8) is 0 Å². The quantitative estimate of drug-likeness (QED) is 0.683. The molecule has 1 spiro atoms. The van der Waals surface area contributed by atoms with Crippen LogP contribution in [0.25, 0.3) is 22.2 Å². The van der Waals surface area contributed by atoms with E-state index >= 15 is 0 Å². The molecule has 1 atom stereocenters. The van der Waals surface area contributed by atoms with Gasteiger partial charge < -0.3 is 24.3 Å². The highest BCUT2D eigenvalue weighted by molar-refractivity contribution is 5.98. The van der Waals surface area contributed by atoms with E-state index in [9.17, 15) is 4.79 Å². The zero-order valence-electron chi connectivity index (χ0n) is 18.5. The summed E-state index contributed by atoms with van der Waals surface area (Å²) in [4.78, 5) is 23.1. The molecule has 8 nitrogen and oxygen atoms in total. The number of pyridine rings is 2. The second-order valence-corrected chi connectivity index (χ2v) is 8.89. The summed E-state index contributed by atoms with van der Waals surface area (Å²) in [6.45, 7) is 6.78. The lowest BCUT2D eigenvalue weighted by atomic mass is 9.91. The van der Waals surface area contributed by atoms with Crippen molar-refractivity contribution in [2.45, 2.75) is 38.5 Å². The number of fused-ring (bicyclic) bond motifs is 3. The van der Waals surface area contributed by atoms with Gasteiger partial charge in [0.15, 0.2) is 0 Å². The van der Waals surface area contributed by atoms with Crippen molar-refractivity contribution in [2.75, 3.05) is 30.5 Å². The largest absolute Gasteiger partial charge is 0.378 e. The average Bonchev–Trinajstić information content (AvgIpc) is 3.30. The Balaban J connectivity index is 1.68. The highest BCUT2D eigenvalue weighted by Crippen LogP contribution is 2.48. The van der Waals surface area contributed by atoms with Gasteiger partial charge >= 0.3 is 0 Å². The number of hydrogen-bond acceptors (Lipinski definition) is 6. The Morgan fingerprint density at radius 3 is 2.77 bits per heavy atom. The first kappa shape index (κ1) is 20.0. The van der Waals surface area contributed by atoms with Gasteiger partial charge in [0, 0.05) is 51.2 Å². The topological polar surface area (TPSA) is 81.5 Å². The maximum atomic E-state index is 11.5. The zero-order chi connectivity index (χ0) is 22.0. The minimum absolute atomic E-state index is 0.151. The monoisotopic (exact) mass is 421 g/mol. The van der Waals surface area contributed by atoms with Crippen molar-refractivity contribution >= 4 is 28.3 Å². The Morgan fingerprint density at radius 1 is 1.26 bits per heavy atom. The first-order chi connectivity index (χ1) is 14.7. The number of amides is 1.